The van der Waals surface area contributed by atoms with Crippen molar-refractivity contribution in [2.75, 3.05) is 10.6 Å². The lowest BCUT2D eigenvalue weighted by Crippen LogP contribution is -2.15. The normalized spacial score (nSPS) is 10.4. The zero-order valence-electron chi connectivity index (χ0n) is 14.0. The fourth-order valence-electron chi connectivity index (χ4n) is 2.54. The van der Waals surface area contributed by atoms with E-state index in [1.54, 1.807) is 30.3 Å². The second-order valence-electron chi connectivity index (χ2n) is 5.76. The number of hydrogen-bond donors (Lipinski definition) is 2. The molecule has 0 radical (unpaired) electrons. The number of anilines is 3. The Bertz CT molecular complexity index is 904. The Kier molecular flexibility index (Phi) is 4.75. The maximum Gasteiger partial charge on any atom is 0.274 e. The van der Waals surface area contributed by atoms with E-state index in [0.29, 0.717) is 11.4 Å². The van der Waals surface area contributed by atoms with E-state index < -0.39 is 0 Å². The second kappa shape index (κ2) is 7.13. The highest BCUT2D eigenvalue weighted by Crippen LogP contribution is 2.22. The lowest BCUT2D eigenvalue weighted by molar-refractivity contribution is 0.102. The standard InChI is InChI=1S/C20H18FN3O/c1-13-6-5-7-14(2)19(13)24-20(25)18-12-15(10-11-22-18)23-17-9-4-3-8-16(17)21/h3-12H,1-2H3,(H,22,23)(H,24,25). The fraction of sp³-hybridized carbons (Fsp3) is 0.100. The molecule has 0 fully saturated rings. The number of aryl methyl sites for hydroxylation is 2. The Morgan fingerprint density at radius 3 is 2.44 bits per heavy atom. The maximum absolute atomic E-state index is 13.8. The van der Waals surface area contributed by atoms with Gasteiger partial charge in [-0.3, -0.25) is 9.78 Å². The average molecular weight is 335 g/mol. The van der Waals surface area contributed by atoms with Crippen molar-refractivity contribution in [3.8, 4) is 0 Å². The van der Waals surface area contributed by atoms with Crippen LogP contribution in [0.3, 0.4) is 0 Å². The number of pyridine rings is 1. The summed E-state index contributed by atoms with van der Waals surface area (Å²) in [7, 11) is 0. The van der Waals surface area contributed by atoms with E-state index in [2.05, 4.69) is 15.6 Å². The number of hydrogen-bond acceptors (Lipinski definition) is 3. The summed E-state index contributed by atoms with van der Waals surface area (Å²) in [6.45, 7) is 3.87. The number of para-hydroxylation sites is 2. The third-order valence-electron chi connectivity index (χ3n) is 3.87. The van der Waals surface area contributed by atoms with E-state index in [4.69, 9.17) is 0 Å². The minimum Gasteiger partial charge on any atom is -0.353 e. The molecule has 0 saturated heterocycles. The van der Waals surface area contributed by atoms with E-state index in [1.165, 1.54) is 12.3 Å². The summed E-state index contributed by atoms with van der Waals surface area (Å²) >= 11 is 0. The van der Waals surface area contributed by atoms with Crippen LogP contribution in [0.4, 0.5) is 21.5 Å². The molecule has 2 N–H and O–H groups in total. The molecule has 2 aromatic carbocycles. The second-order valence-corrected chi connectivity index (χ2v) is 5.76. The molecule has 1 heterocycles. The number of carbonyl (C=O) groups excluding carboxylic acids is 1. The number of halogens is 1. The molecule has 0 bridgehead atoms. The first-order valence-corrected chi connectivity index (χ1v) is 7.90. The average Bonchev–Trinajstić information content (AvgIpc) is 2.60. The van der Waals surface area contributed by atoms with Gasteiger partial charge < -0.3 is 10.6 Å². The molecule has 1 aromatic heterocycles. The molecule has 3 aromatic rings. The van der Waals surface area contributed by atoms with Gasteiger partial charge in [0.05, 0.1) is 5.69 Å². The lowest BCUT2D eigenvalue weighted by Gasteiger charge is -2.12. The predicted octanol–water partition coefficient (Wildman–Crippen LogP) is 4.83. The molecule has 1 amide bonds. The van der Waals surface area contributed by atoms with Crippen LogP contribution in [0, 0.1) is 19.7 Å². The third kappa shape index (κ3) is 3.83. The highest BCUT2D eigenvalue weighted by atomic mass is 19.1. The molecule has 0 aliphatic heterocycles. The number of benzene rings is 2. The van der Waals surface area contributed by atoms with Crippen LogP contribution in [0.5, 0.6) is 0 Å². The number of nitrogens with one attached hydrogen (secondary N) is 2. The quantitative estimate of drug-likeness (QED) is 0.718. The van der Waals surface area contributed by atoms with Crippen LogP contribution in [0.2, 0.25) is 0 Å². The number of rotatable bonds is 4. The Balaban J connectivity index is 1.81. The third-order valence-corrected chi connectivity index (χ3v) is 3.87. The van der Waals surface area contributed by atoms with Gasteiger partial charge in [0.1, 0.15) is 11.5 Å². The SMILES string of the molecule is Cc1cccc(C)c1NC(=O)c1cc(Nc2ccccc2F)ccn1. The van der Waals surface area contributed by atoms with Crippen molar-refractivity contribution in [1.82, 2.24) is 4.98 Å². The molecule has 4 nitrogen and oxygen atoms in total. The first-order valence-electron chi connectivity index (χ1n) is 7.90. The van der Waals surface area contributed by atoms with Crippen LogP contribution in [0.15, 0.2) is 60.8 Å². The molecule has 0 spiro atoms. The molecule has 0 aliphatic carbocycles. The van der Waals surface area contributed by atoms with Gasteiger partial charge in [-0.2, -0.15) is 0 Å². The zero-order valence-corrected chi connectivity index (χ0v) is 14.0. The number of nitrogens with zero attached hydrogens (tertiary/aromatic N) is 1. The molecule has 3 rings (SSSR count). The maximum atomic E-state index is 13.8. The fourth-order valence-corrected chi connectivity index (χ4v) is 2.54. The number of carbonyl (C=O) groups is 1. The monoisotopic (exact) mass is 335 g/mol. The smallest absolute Gasteiger partial charge is 0.274 e. The van der Waals surface area contributed by atoms with Gasteiger partial charge >= 0.3 is 0 Å². The van der Waals surface area contributed by atoms with Crippen molar-refractivity contribution < 1.29 is 9.18 Å². The molecule has 0 aliphatic rings. The summed E-state index contributed by atoms with van der Waals surface area (Å²) in [5, 5.41) is 5.85. The summed E-state index contributed by atoms with van der Waals surface area (Å²) in [4.78, 5) is 16.6. The van der Waals surface area contributed by atoms with Crippen LogP contribution >= 0.6 is 0 Å². The van der Waals surface area contributed by atoms with Crippen molar-refractivity contribution in [3.63, 3.8) is 0 Å². The van der Waals surface area contributed by atoms with Crippen molar-refractivity contribution in [1.29, 1.82) is 0 Å². The first-order chi connectivity index (χ1) is 12.0. The van der Waals surface area contributed by atoms with Crippen molar-refractivity contribution in [2.45, 2.75) is 13.8 Å². The highest BCUT2D eigenvalue weighted by molar-refractivity contribution is 6.04. The Hall–Kier alpha value is -3.21. The van der Waals surface area contributed by atoms with Gasteiger partial charge in [-0.05, 0) is 49.2 Å². The number of aromatic nitrogens is 1. The van der Waals surface area contributed by atoms with Crippen LogP contribution in [-0.4, -0.2) is 10.9 Å². The van der Waals surface area contributed by atoms with Crippen LogP contribution in [0.25, 0.3) is 0 Å². The van der Waals surface area contributed by atoms with Gasteiger partial charge in [0, 0.05) is 17.6 Å². The molecule has 25 heavy (non-hydrogen) atoms. The molecular weight excluding hydrogens is 317 g/mol. The van der Waals surface area contributed by atoms with Gasteiger partial charge in [-0.15, -0.1) is 0 Å². The van der Waals surface area contributed by atoms with Crippen LogP contribution in [0.1, 0.15) is 21.6 Å². The van der Waals surface area contributed by atoms with E-state index in [0.717, 1.165) is 16.8 Å². The molecular formula is C20H18FN3O. The minimum absolute atomic E-state index is 0.254. The van der Waals surface area contributed by atoms with Crippen molar-refractivity contribution in [2.24, 2.45) is 0 Å². The Morgan fingerprint density at radius 1 is 1.00 bits per heavy atom. The van der Waals surface area contributed by atoms with Gasteiger partial charge in [0.2, 0.25) is 0 Å². The van der Waals surface area contributed by atoms with E-state index in [-0.39, 0.29) is 17.4 Å². The van der Waals surface area contributed by atoms with Gasteiger partial charge in [0.15, 0.2) is 0 Å². The molecule has 0 saturated carbocycles. The Labute approximate surface area is 145 Å². The first kappa shape index (κ1) is 16.6. The molecule has 5 heteroatoms. The van der Waals surface area contributed by atoms with E-state index >= 15 is 0 Å². The molecule has 126 valence electrons. The van der Waals surface area contributed by atoms with Crippen LogP contribution < -0.4 is 10.6 Å². The van der Waals surface area contributed by atoms with Gasteiger partial charge in [-0.1, -0.05) is 30.3 Å². The van der Waals surface area contributed by atoms with Crippen molar-refractivity contribution in [3.05, 3.63) is 83.4 Å². The topological polar surface area (TPSA) is 54.0 Å². The van der Waals surface area contributed by atoms with Gasteiger partial charge in [-0.25, -0.2) is 4.39 Å². The van der Waals surface area contributed by atoms with E-state index in [1.807, 2.05) is 32.0 Å². The molecule has 0 unspecified atom stereocenters. The van der Waals surface area contributed by atoms with Crippen molar-refractivity contribution >= 4 is 23.0 Å². The summed E-state index contributed by atoms with van der Waals surface area (Å²) in [5.41, 5.74) is 3.93. The minimum atomic E-state index is -0.360. The zero-order chi connectivity index (χ0) is 17.8. The van der Waals surface area contributed by atoms with E-state index in [9.17, 15) is 9.18 Å². The van der Waals surface area contributed by atoms with Crippen LogP contribution in [-0.2, 0) is 0 Å². The highest BCUT2D eigenvalue weighted by Gasteiger charge is 2.12. The lowest BCUT2D eigenvalue weighted by atomic mass is 10.1. The predicted molar refractivity (Wildman–Crippen MR) is 97.8 cm³/mol. The molecule has 0 atom stereocenters. The Morgan fingerprint density at radius 2 is 1.72 bits per heavy atom. The summed E-state index contributed by atoms with van der Waals surface area (Å²) in [5.74, 6) is -0.671. The van der Waals surface area contributed by atoms with Gasteiger partial charge in [0.25, 0.3) is 5.91 Å². The summed E-state index contributed by atoms with van der Waals surface area (Å²) in [6, 6.07) is 15.5. The summed E-state index contributed by atoms with van der Waals surface area (Å²) in [6.07, 6.45) is 1.52. The largest absolute Gasteiger partial charge is 0.353 e. The number of amides is 1. The summed E-state index contributed by atoms with van der Waals surface area (Å²) < 4.78 is 13.8.